The molecule has 1 aromatic carbocycles. The van der Waals surface area contributed by atoms with Crippen LogP contribution < -0.4 is 10.1 Å². The van der Waals surface area contributed by atoms with E-state index in [4.69, 9.17) is 4.74 Å². The van der Waals surface area contributed by atoms with E-state index in [1.807, 2.05) is 19.9 Å². The molecule has 0 aliphatic rings. The number of amides is 1. The quantitative estimate of drug-likeness (QED) is 0.602. The Labute approximate surface area is 181 Å². The molecule has 0 unspecified atom stereocenters. The molecule has 9 nitrogen and oxygen atoms in total. The summed E-state index contributed by atoms with van der Waals surface area (Å²) in [5.41, 5.74) is 1.30. The SMILES string of the molecule is COc1ccc(S(=O)(=O)N(C)C)cc1NC(=O)c1cnn(-c2ccccn2)c1C(C)C. The number of anilines is 1. The molecule has 0 aliphatic carbocycles. The highest BCUT2D eigenvalue weighted by Gasteiger charge is 2.24. The number of ether oxygens (including phenoxy) is 1. The first kappa shape index (κ1) is 22.4. The molecule has 10 heteroatoms. The number of benzene rings is 1. The summed E-state index contributed by atoms with van der Waals surface area (Å²) in [6, 6.07) is 9.77. The lowest BCUT2D eigenvalue weighted by molar-refractivity contribution is 0.102. The molecule has 0 aliphatic heterocycles. The molecule has 1 amide bonds. The number of hydrogen-bond donors (Lipinski definition) is 1. The van der Waals surface area contributed by atoms with E-state index in [0.717, 1.165) is 4.31 Å². The number of pyridine rings is 1. The van der Waals surface area contributed by atoms with Crippen LogP contribution in [0.5, 0.6) is 5.75 Å². The fourth-order valence-corrected chi connectivity index (χ4v) is 4.02. The summed E-state index contributed by atoms with van der Waals surface area (Å²) in [5, 5.41) is 7.12. The summed E-state index contributed by atoms with van der Waals surface area (Å²) >= 11 is 0. The molecule has 3 rings (SSSR count). The van der Waals surface area contributed by atoms with Gasteiger partial charge in [-0.05, 0) is 36.2 Å². The zero-order valence-electron chi connectivity index (χ0n) is 18.0. The Morgan fingerprint density at radius 2 is 1.94 bits per heavy atom. The molecule has 2 aromatic heterocycles. The van der Waals surface area contributed by atoms with Crippen molar-refractivity contribution in [2.24, 2.45) is 0 Å². The van der Waals surface area contributed by atoms with Crippen LogP contribution in [0.15, 0.2) is 53.7 Å². The van der Waals surface area contributed by atoms with Gasteiger partial charge in [-0.1, -0.05) is 19.9 Å². The molecule has 0 bridgehead atoms. The predicted octanol–water partition coefficient (Wildman–Crippen LogP) is 2.90. The first-order valence-electron chi connectivity index (χ1n) is 9.58. The van der Waals surface area contributed by atoms with Crippen molar-refractivity contribution in [3.8, 4) is 11.6 Å². The average Bonchev–Trinajstić information content (AvgIpc) is 3.20. The number of methoxy groups -OCH3 is 1. The van der Waals surface area contributed by atoms with Gasteiger partial charge in [0.25, 0.3) is 5.91 Å². The molecule has 31 heavy (non-hydrogen) atoms. The van der Waals surface area contributed by atoms with Gasteiger partial charge in [-0.3, -0.25) is 4.79 Å². The van der Waals surface area contributed by atoms with Crippen LogP contribution in [0.3, 0.4) is 0 Å². The largest absolute Gasteiger partial charge is 0.495 e. The Morgan fingerprint density at radius 1 is 1.19 bits per heavy atom. The monoisotopic (exact) mass is 443 g/mol. The summed E-state index contributed by atoms with van der Waals surface area (Å²) in [6.45, 7) is 3.91. The summed E-state index contributed by atoms with van der Waals surface area (Å²) in [5.74, 6) is 0.493. The second-order valence-electron chi connectivity index (χ2n) is 7.30. The minimum atomic E-state index is -3.68. The number of nitrogens with zero attached hydrogens (tertiary/aromatic N) is 4. The van der Waals surface area contributed by atoms with Crippen molar-refractivity contribution in [1.29, 1.82) is 0 Å². The van der Waals surface area contributed by atoms with Gasteiger partial charge in [0.2, 0.25) is 10.0 Å². The maximum Gasteiger partial charge on any atom is 0.259 e. The zero-order chi connectivity index (χ0) is 22.8. The number of rotatable bonds is 7. The average molecular weight is 444 g/mol. The summed E-state index contributed by atoms with van der Waals surface area (Å²) < 4.78 is 33.0. The van der Waals surface area contributed by atoms with Gasteiger partial charge in [-0.15, -0.1) is 0 Å². The number of sulfonamides is 1. The van der Waals surface area contributed by atoms with Crippen molar-refractivity contribution in [2.45, 2.75) is 24.7 Å². The van der Waals surface area contributed by atoms with Crippen LogP contribution in [0.25, 0.3) is 5.82 Å². The minimum Gasteiger partial charge on any atom is -0.495 e. The standard InChI is InChI=1S/C21H25N5O4S/c1-14(2)20-16(13-23-26(20)19-8-6-7-11-22-19)21(27)24-17-12-15(9-10-18(17)30-5)31(28,29)25(3)4/h6-14H,1-5H3,(H,24,27). The summed E-state index contributed by atoms with van der Waals surface area (Å²) in [6.07, 6.45) is 3.13. The van der Waals surface area contributed by atoms with E-state index >= 15 is 0 Å². The lowest BCUT2D eigenvalue weighted by atomic mass is 10.1. The Balaban J connectivity index is 2.01. The normalized spacial score (nSPS) is 11.7. The van der Waals surface area contributed by atoms with Crippen LogP contribution in [-0.2, 0) is 10.0 Å². The second-order valence-corrected chi connectivity index (χ2v) is 9.45. The first-order chi connectivity index (χ1) is 14.7. The van der Waals surface area contributed by atoms with Crippen LogP contribution in [-0.4, -0.2) is 54.6 Å². The van der Waals surface area contributed by atoms with Gasteiger partial charge in [-0.2, -0.15) is 5.10 Å². The molecule has 3 aromatic rings. The Bertz CT molecular complexity index is 1190. The van der Waals surface area contributed by atoms with E-state index in [9.17, 15) is 13.2 Å². The lowest BCUT2D eigenvalue weighted by Crippen LogP contribution is -2.22. The van der Waals surface area contributed by atoms with Crippen molar-refractivity contribution in [3.63, 3.8) is 0 Å². The predicted molar refractivity (Wildman–Crippen MR) is 117 cm³/mol. The molecular formula is C21H25N5O4S. The van der Waals surface area contributed by atoms with Gasteiger partial charge >= 0.3 is 0 Å². The smallest absolute Gasteiger partial charge is 0.259 e. The molecule has 1 N–H and O–H groups in total. The number of hydrogen-bond acceptors (Lipinski definition) is 6. The van der Waals surface area contributed by atoms with Crippen LogP contribution in [0.4, 0.5) is 5.69 Å². The number of carbonyl (C=O) groups is 1. The third-order valence-corrected chi connectivity index (χ3v) is 6.47. The van der Waals surface area contributed by atoms with E-state index < -0.39 is 15.9 Å². The summed E-state index contributed by atoms with van der Waals surface area (Å²) in [7, 11) is 0.658. The second kappa shape index (κ2) is 8.86. The number of carbonyl (C=O) groups excluding carboxylic acids is 1. The highest BCUT2D eigenvalue weighted by Crippen LogP contribution is 2.30. The highest BCUT2D eigenvalue weighted by molar-refractivity contribution is 7.89. The zero-order valence-corrected chi connectivity index (χ0v) is 18.8. The lowest BCUT2D eigenvalue weighted by Gasteiger charge is -2.16. The molecule has 0 fully saturated rings. The van der Waals surface area contributed by atoms with Crippen molar-refractivity contribution in [3.05, 3.63) is 60.0 Å². The van der Waals surface area contributed by atoms with Gasteiger partial charge in [0, 0.05) is 20.3 Å². The van der Waals surface area contributed by atoms with Gasteiger partial charge in [-0.25, -0.2) is 22.4 Å². The summed E-state index contributed by atoms with van der Waals surface area (Å²) in [4.78, 5) is 17.5. The van der Waals surface area contributed by atoms with Crippen molar-refractivity contribution >= 4 is 21.6 Å². The molecule has 0 spiro atoms. The Kier molecular flexibility index (Phi) is 6.42. The molecule has 164 valence electrons. The molecule has 2 heterocycles. The van der Waals surface area contributed by atoms with E-state index in [1.54, 1.807) is 23.0 Å². The Hall–Kier alpha value is -3.24. The van der Waals surface area contributed by atoms with E-state index in [2.05, 4.69) is 15.4 Å². The third kappa shape index (κ3) is 4.44. The number of nitrogens with one attached hydrogen (secondary N) is 1. The van der Waals surface area contributed by atoms with Crippen LogP contribution in [0, 0.1) is 0 Å². The molecule has 0 radical (unpaired) electrons. The van der Waals surface area contributed by atoms with Gasteiger partial charge in [0.15, 0.2) is 5.82 Å². The molecule has 0 saturated heterocycles. The van der Waals surface area contributed by atoms with E-state index in [1.165, 1.54) is 45.6 Å². The van der Waals surface area contributed by atoms with Crippen LogP contribution >= 0.6 is 0 Å². The molecule has 0 atom stereocenters. The van der Waals surface area contributed by atoms with Gasteiger partial charge in [0.05, 0.1) is 35.1 Å². The fraction of sp³-hybridized carbons (Fsp3) is 0.286. The number of aromatic nitrogens is 3. The minimum absolute atomic E-state index is 0.0207. The van der Waals surface area contributed by atoms with Crippen LogP contribution in [0.2, 0.25) is 0 Å². The maximum absolute atomic E-state index is 13.1. The third-order valence-electron chi connectivity index (χ3n) is 4.66. The maximum atomic E-state index is 13.1. The van der Waals surface area contributed by atoms with Gasteiger partial charge < -0.3 is 10.1 Å². The Morgan fingerprint density at radius 3 is 2.52 bits per heavy atom. The van der Waals surface area contributed by atoms with E-state index in [-0.39, 0.29) is 16.5 Å². The molecule has 0 saturated carbocycles. The van der Waals surface area contributed by atoms with Crippen molar-refractivity contribution in [1.82, 2.24) is 19.1 Å². The topological polar surface area (TPSA) is 106 Å². The molecular weight excluding hydrogens is 418 g/mol. The highest BCUT2D eigenvalue weighted by atomic mass is 32.2. The first-order valence-corrected chi connectivity index (χ1v) is 11.0. The van der Waals surface area contributed by atoms with Crippen molar-refractivity contribution < 1.29 is 17.9 Å². The van der Waals surface area contributed by atoms with Crippen LogP contribution in [0.1, 0.15) is 35.8 Å². The fourth-order valence-electron chi connectivity index (χ4n) is 3.10. The van der Waals surface area contributed by atoms with Gasteiger partial charge in [0.1, 0.15) is 5.75 Å². The van der Waals surface area contributed by atoms with Crippen molar-refractivity contribution in [2.75, 3.05) is 26.5 Å². The van der Waals surface area contributed by atoms with E-state index in [0.29, 0.717) is 22.8 Å².